The molecule has 4 nitrogen and oxygen atoms in total. The fourth-order valence-corrected chi connectivity index (χ4v) is 2.81. The van der Waals surface area contributed by atoms with E-state index in [9.17, 15) is 9.90 Å². The van der Waals surface area contributed by atoms with Gasteiger partial charge in [-0.15, -0.1) is 0 Å². The van der Waals surface area contributed by atoms with E-state index in [0.29, 0.717) is 6.54 Å². The summed E-state index contributed by atoms with van der Waals surface area (Å²) in [4.78, 5) is 14.5. The van der Waals surface area contributed by atoms with Gasteiger partial charge in [0.25, 0.3) is 0 Å². The second-order valence-electron chi connectivity index (χ2n) is 5.69. The quantitative estimate of drug-likeness (QED) is 0.783. The Balaban J connectivity index is 2.14. The minimum Gasteiger partial charge on any atom is -0.395 e. The summed E-state index contributed by atoms with van der Waals surface area (Å²) in [5, 5.41) is 12.4. The van der Waals surface area contributed by atoms with Gasteiger partial charge >= 0.3 is 0 Å². The van der Waals surface area contributed by atoms with Crippen LogP contribution in [-0.2, 0) is 17.6 Å². The van der Waals surface area contributed by atoms with E-state index in [-0.39, 0.29) is 19.1 Å². The minimum atomic E-state index is -0.0668. The topological polar surface area (TPSA) is 52.6 Å². The lowest BCUT2D eigenvalue weighted by molar-refractivity contribution is -0.115. The highest BCUT2D eigenvalue weighted by Crippen LogP contribution is 2.23. The normalized spacial score (nSPS) is 10.5. The van der Waals surface area contributed by atoms with E-state index < -0.39 is 0 Å². The molecule has 0 aliphatic heterocycles. The number of carbonyl (C=O) groups is 1. The van der Waals surface area contributed by atoms with Crippen LogP contribution in [0.1, 0.15) is 25.0 Å². The third-order valence-corrected chi connectivity index (χ3v) is 4.09. The van der Waals surface area contributed by atoms with Gasteiger partial charge in [0.2, 0.25) is 5.91 Å². The van der Waals surface area contributed by atoms with Gasteiger partial charge in [-0.1, -0.05) is 50.2 Å². The fraction of sp³-hybridized carbons (Fsp3) is 0.350. The molecule has 128 valence electrons. The third-order valence-electron chi connectivity index (χ3n) is 4.09. The summed E-state index contributed by atoms with van der Waals surface area (Å²) >= 11 is 0. The van der Waals surface area contributed by atoms with Crippen LogP contribution in [0.15, 0.2) is 48.5 Å². The van der Waals surface area contributed by atoms with Crippen LogP contribution in [0.2, 0.25) is 0 Å². The number of nitrogens with one attached hydrogen (secondary N) is 1. The predicted molar refractivity (Wildman–Crippen MR) is 99.6 cm³/mol. The van der Waals surface area contributed by atoms with Gasteiger partial charge in [-0.05, 0) is 36.1 Å². The van der Waals surface area contributed by atoms with Crippen molar-refractivity contribution in [2.75, 3.05) is 29.9 Å². The number of carbonyl (C=O) groups excluding carboxylic acids is 1. The Bertz CT molecular complexity index is 634. The maximum absolute atomic E-state index is 12.6. The predicted octanol–water partition coefficient (Wildman–Crippen LogP) is 3.25. The van der Waals surface area contributed by atoms with E-state index in [0.717, 1.165) is 35.3 Å². The summed E-state index contributed by atoms with van der Waals surface area (Å²) in [6, 6.07) is 15.8. The number of hydrogen-bond donors (Lipinski definition) is 2. The maximum atomic E-state index is 12.6. The van der Waals surface area contributed by atoms with Crippen molar-refractivity contribution in [1.29, 1.82) is 0 Å². The first-order chi connectivity index (χ1) is 11.7. The molecule has 0 atom stereocenters. The van der Waals surface area contributed by atoms with Gasteiger partial charge in [-0.3, -0.25) is 4.79 Å². The molecular weight excluding hydrogens is 300 g/mol. The molecule has 2 aromatic rings. The second-order valence-corrected chi connectivity index (χ2v) is 5.69. The van der Waals surface area contributed by atoms with Crippen molar-refractivity contribution in [1.82, 2.24) is 0 Å². The molecule has 24 heavy (non-hydrogen) atoms. The van der Waals surface area contributed by atoms with Crippen LogP contribution in [-0.4, -0.2) is 30.7 Å². The molecule has 2 rings (SSSR count). The number of para-hydroxylation sites is 2. The smallest absolute Gasteiger partial charge is 0.243 e. The average Bonchev–Trinajstić information content (AvgIpc) is 2.62. The van der Waals surface area contributed by atoms with Crippen LogP contribution in [0.25, 0.3) is 0 Å². The van der Waals surface area contributed by atoms with Gasteiger partial charge in [-0.25, -0.2) is 0 Å². The number of aliphatic hydroxyl groups excluding tert-OH is 1. The zero-order valence-electron chi connectivity index (χ0n) is 14.5. The molecule has 0 spiro atoms. The number of aryl methyl sites for hydroxylation is 2. The van der Waals surface area contributed by atoms with E-state index in [1.54, 1.807) is 0 Å². The van der Waals surface area contributed by atoms with Gasteiger partial charge in [0, 0.05) is 17.9 Å². The molecule has 2 N–H and O–H groups in total. The molecule has 0 saturated carbocycles. The number of anilines is 2. The SMILES string of the molecule is CCc1cccc(CC)c1NC(=O)CN(CCO)c1ccccc1. The van der Waals surface area contributed by atoms with Crippen molar-refractivity contribution < 1.29 is 9.90 Å². The first-order valence-electron chi connectivity index (χ1n) is 8.51. The van der Waals surface area contributed by atoms with Crippen molar-refractivity contribution in [2.24, 2.45) is 0 Å². The van der Waals surface area contributed by atoms with Crippen LogP contribution in [0, 0.1) is 0 Å². The third kappa shape index (κ3) is 4.59. The van der Waals surface area contributed by atoms with E-state index in [1.807, 2.05) is 41.3 Å². The van der Waals surface area contributed by atoms with Crippen LogP contribution >= 0.6 is 0 Å². The molecular formula is C20H26N2O2. The second kappa shape index (κ2) is 9.08. The lowest BCUT2D eigenvalue weighted by atomic mass is 10.0. The molecule has 0 aliphatic carbocycles. The lowest BCUT2D eigenvalue weighted by Crippen LogP contribution is -2.35. The Morgan fingerprint density at radius 3 is 2.17 bits per heavy atom. The summed E-state index contributed by atoms with van der Waals surface area (Å²) in [5.41, 5.74) is 4.16. The molecule has 0 heterocycles. The average molecular weight is 326 g/mol. The van der Waals surface area contributed by atoms with Gasteiger partial charge in [0.1, 0.15) is 0 Å². The summed E-state index contributed by atoms with van der Waals surface area (Å²) in [6.45, 7) is 4.83. The number of nitrogens with zero attached hydrogens (tertiary/aromatic N) is 1. The molecule has 0 bridgehead atoms. The van der Waals surface area contributed by atoms with E-state index in [2.05, 4.69) is 31.3 Å². The monoisotopic (exact) mass is 326 g/mol. The molecule has 0 fully saturated rings. The van der Waals surface area contributed by atoms with E-state index >= 15 is 0 Å². The van der Waals surface area contributed by atoms with Crippen molar-refractivity contribution in [3.05, 3.63) is 59.7 Å². The number of rotatable bonds is 8. The molecule has 0 aromatic heterocycles. The summed E-state index contributed by atoms with van der Waals surface area (Å²) in [6.07, 6.45) is 1.75. The highest BCUT2D eigenvalue weighted by Gasteiger charge is 2.14. The Hall–Kier alpha value is -2.33. The number of benzene rings is 2. The summed E-state index contributed by atoms with van der Waals surface area (Å²) < 4.78 is 0. The summed E-state index contributed by atoms with van der Waals surface area (Å²) in [5.74, 6) is -0.0668. The van der Waals surface area contributed by atoms with Gasteiger partial charge in [0.05, 0.1) is 13.2 Å². The van der Waals surface area contributed by atoms with Crippen molar-refractivity contribution in [3.8, 4) is 0 Å². The fourth-order valence-electron chi connectivity index (χ4n) is 2.81. The van der Waals surface area contributed by atoms with Crippen LogP contribution < -0.4 is 10.2 Å². The van der Waals surface area contributed by atoms with Crippen LogP contribution in [0.4, 0.5) is 11.4 Å². The number of hydrogen-bond acceptors (Lipinski definition) is 3. The molecule has 1 amide bonds. The standard InChI is InChI=1S/C20H26N2O2/c1-3-16-9-8-10-17(4-2)20(16)21-19(24)15-22(13-14-23)18-11-6-5-7-12-18/h5-12,23H,3-4,13-15H2,1-2H3,(H,21,24). The molecule has 0 radical (unpaired) electrons. The van der Waals surface area contributed by atoms with Crippen LogP contribution in [0.3, 0.4) is 0 Å². The van der Waals surface area contributed by atoms with Gasteiger partial charge < -0.3 is 15.3 Å². The summed E-state index contributed by atoms with van der Waals surface area (Å²) in [7, 11) is 0. The highest BCUT2D eigenvalue weighted by atomic mass is 16.3. The molecule has 0 aliphatic rings. The molecule has 2 aromatic carbocycles. The highest BCUT2D eigenvalue weighted by molar-refractivity contribution is 5.95. The van der Waals surface area contributed by atoms with Gasteiger partial charge in [-0.2, -0.15) is 0 Å². The first kappa shape index (κ1) is 18.0. The van der Waals surface area contributed by atoms with Crippen LogP contribution in [0.5, 0.6) is 0 Å². The van der Waals surface area contributed by atoms with Crippen molar-refractivity contribution >= 4 is 17.3 Å². The Labute approximate surface area is 144 Å². The lowest BCUT2D eigenvalue weighted by Gasteiger charge is -2.24. The Kier molecular flexibility index (Phi) is 6.82. The zero-order chi connectivity index (χ0) is 17.4. The van der Waals surface area contributed by atoms with E-state index in [4.69, 9.17) is 0 Å². The van der Waals surface area contributed by atoms with Crippen molar-refractivity contribution in [2.45, 2.75) is 26.7 Å². The van der Waals surface area contributed by atoms with Gasteiger partial charge in [0.15, 0.2) is 0 Å². The largest absolute Gasteiger partial charge is 0.395 e. The number of aliphatic hydroxyl groups is 1. The number of amides is 1. The minimum absolute atomic E-state index is 0.00787. The zero-order valence-corrected chi connectivity index (χ0v) is 14.5. The molecule has 0 unspecified atom stereocenters. The van der Waals surface area contributed by atoms with Crippen molar-refractivity contribution in [3.63, 3.8) is 0 Å². The first-order valence-corrected chi connectivity index (χ1v) is 8.51. The molecule has 0 saturated heterocycles. The van der Waals surface area contributed by atoms with E-state index in [1.165, 1.54) is 0 Å². The Morgan fingerprint density at radius 1 is 1.00 bits per heavy atom. The molecule has 4 heteroatoms. The maximum Gasteiger partial charge on any atom is 0.243 e. The Morgan fingerprint density at radius 2 is 1.62 bits per heavy atom.